The molecule has 17 heavy (non-hydrogen) atoms. The molecule has 0 unspecified atom stereocenters. The van der Waals surface area contributed by atoms with E-state index in [4.69, 9.17) is 34.8 Å². The monoisotopic (exact) mass is 357 g/mol. The number of benzene rings is 1. The number of carbonyl (C=O) groups is 1. The number of aromatic nitrogens is 1. The Kier molecular flexibility index (Phi) is 3.42. The fraction of sp³-hybridized carbons (Fsp3) is 0.100. The van der Waals surface area contributed by atoms with Gasteiger partial charge in [0.25, 0.3) is 3.79 Å². The predicted octanol–water partition coefficient (Wildman–Crippen LogP) is 4.62. The van der Waals surface area contributed by atoms with Gasteiger partial charge in [0.15, 0.2) is 0 Å². The number of carbonyl (C=O) groups excluding carboxylic acids is 1. The molecule has 1 aromatic carbocycles. The average Bonchev–Trinajstić information content (AvgIpc) is 2.59. The summed E-state index contributed by atoms with van der Waals surface area (Å²) < 4.78 is 11.5. The number of alkyl halides is 3. The molecule has 2 aromatic rings. The molecule has 7 heteroatoms. The Morgan fingerprint density at radius 3 is 2.59 bits per heavy atom. The summed E-state index contributed by atoms with van der Waals surface area (Å²) >= 11 is 19.6. The number of halogens is 5. The molecule has 2 nitrogen and oxygen atoms in total. The topological polar surface area (TPSA) is 32.9 Å². The first-order valence-electron chi connectivity index (χ1n) is 4.38. The van der Waals surface area contributed by atoms with E-state index >= 15 is 0 Å². The lowest BCUT2D eigenvalue weighted by molar-refractivity contribution is 0.0998. The van der Waals surface area contributed by atoms with Crippen molar-refractivity contribution in [3.05, 3.63) is 34.2 Å². The van der Waals surface area contributed by atoms with Crippen molar-refractivity contribution in [2.45, 2.75) is 3.79 Å². The number of Topliss-reactive ketones (excluding diaryl/α,β-unsaturated/α-hetero) is 1. The van der Waals surface area contributed by atoms with E-state index in [-0.39, 0.29) is 10.0 Å². The molecule has 0 radical (unpaired) electrons. The third-order valence-corrected chi connectivity index (χ3v) is 3.35. The van der Waals surface area contributed by atoms with E-state index in [1.54, 1.807) is 0 Å². The molecule has 0 saturated heterocycles. The number of aromatic amines is 1. The Labute approximate surface area is 119 Å². The van der Waals surface area contributed by atoms with Crippen LogP contribution in [0.4, 0.5) is 4.39 Å². The molecule has 0 amide bonds. The summed E-state index contributed by atoms with van der Waals surface area (Å²) in [5.74, 6) is -1.10. The van der Waals surface area contributed by atoms with E-state index in [2.05, 4.69) is 20.9 Å². The molecule has 2 rings (SSSR count). The highest BCUT2D eigenvalue weighted by Crippen LogP contribution is 2.34. The van der Waals surface area contributed by atoms with Gasteiger partial charge in [-0.05, 0) is 28.1 Å². The molecule has 90 valence electrons. The van der Waals surface area contributed by atoms with Crippen LogP contribution < -0.4 is 0 Å². The molecule has 0 bridgehead atoms. The van der Waals surface area contributed by atoms with Gasteiger partial charge in [-0.2, -0.15) is 0 Å². The minimum absolute atomic E-state index is 0.209. The minimum atomic E-state index is -2.03. The normalized spacial score (nSPS) is 12.1. The largest absolute Gasteiger partial charge is 0.360 e. The summed E-state index contributed by atoms with van der Waals surface area (Å²) in [6, 6.07) is 2.72. The van der Waals surface area contributed by atoms with Crippen molar-refractivity contribution in [3.63, 3.8) is 0 Å². The number of fused-ring (bicyclic) bond motifs is 1. The van der Waals surface area contributed by atoms with Crippen LogP contribution in [0.5, 0.6) is 0 Å². The maximum Gasteiger partial charge on any atom is 0.253 e. The van der Waals surface area contributed by atoms with E-state index < -0.39 is 15.4 Å². The highest BCUT2D eigenvalue weighted by atomic mass is 79.9. The van der Waals surface area contributed by atoms with Crippen molar-refractivity contribution in [3.8, 4) is 0 Å². The Morgan fingerprint density at radius 1 is 1.35 bits per heavy atom. The summed E-state index contributed by atoms with van der Waals surface area (Å²) in [6.45, 7) is 0. The highest BCUT2D eigenvalue weighted by Gasteiger charge is 2.33. The summed E-state index contributed by atoms with van der Waals surface area (Å²) in [5, 5.41) is 0.495. The van der Waals surface area contributed by atoms with E-state index in [1.807, 2.05) is 0 Å². The number of H-pyrrole nitrogens is 1. The molecule has 0 aliphatic rings. The zero-order valence-corrected chi connectivity index (χ0v) is 11.9. The van der Waals surface area contributed by atoms with Gasteiger partial charge in [-0.25, -0.2) is 4.39 Å². The molecular formula is C10H4BrCl3FNO. The first-order valence-corrected chi connectivity index (χ1v) is 6.31. The fourth-order valence-electron chi connectivity index (χ4n) is 1.46. The van der Waals surface area contributed by atoms with Crippen LogP contribution >= 0.6 is 50.7 Å². The molecular weight excluding hydrogens is 355 g/mol. The smallest absolute Gasteiger partial charge is 0.253 e. The van der Waals surface area contributed by atoms with Crippen LogP contribution in [0.1, 0.15) is 10.4 Å². The van der Waals surface area contributed by atoms with Gasteiger partial charge >= 0.3 is 0 Å². The Morgan fingerprint density at radius 2 is 2.00 bits per heavy atom. The first-order chi connectivity index (χ1) is 7.80. The number of rotatable bonds is 1. The highest BCUT2D eigenvalue weighted by molar-refractivity contribution is 9.10. The second-order valence-corrected chi connectivity index (χ2v) is 6.48. The van der Waals surface area contributed by atoms with Crippen LogP contribution in [0.2, 0.25) is 0 Å². The quantitative estimate of drug-likeness (QED) is 0.585. The summed E-state index contributed by atoms with van der Waals surface area (Å²) in [7, 11) is 0. The summed E-state index contributed by atoms with van der Waals surface area (Å²) in [4.78, 5) is 14.6. The van der Waals surface area contributed by atoms with Crippen molar-refractivity contribution < 1.29 is 9.18 Å². The van der Waals surface area contributed by atoms with Crippen molar-refractivity contribution in [2.24, 2.45) is 0 Å². The maximum atomic E-state index is 13.3. The number of nitrogens with one attached hydrogen (secondary N) is 1. The van der Waals surface area contributed by atoms with Crippen molar-refractivity contribution >= 4 is 67.4 Å². The van der Waals surface area contributed by atoms with Gasteiger partial charge in [0.2, 0.25) is 5.78 Å². The third kappa shape index (κ3) is 2.45. The molecule has 0 aliphatic carbocycles. The van der Waals surface area contributed by atoms with Crippen LogP contribution in [-0.4, -0.2) is 14.6 Å². The van der Waals surface area contributed by atoms with Crippen molar-refractivity contribution in [1.82, 2.24) is 4.98 Å². The first kappa shape index (κ1) is 13.1. The van der Waals surface area contributed by atoms with Crippen molar-refractivity contribution in [2.75, 3.05) is 0 Å². The third-order valence-electron chi connectivity index (χ3n) is 2.22. The fourth-order valence-corrected chi connectivity index (χ4v) is 2.11. The van der Waals surface area contributed by atoms with Gasteiger partial charge in [0.1, 0.15) is 5.82 Å². The van der Waals surface area contributed by atoms with E-state index in [0.717, 1.165) is 0 Å². The van der Waals surface area contributed by atoms with Crippen LogP contribution in [0, 0.1) is 5.82 Å². The van der Waals surface area contributed by atoms with E-state index in [9.17, 15) is 9.18 Å². The minimum Gasteiger partial charge on any atom is -0.360 e. The van der Waals surface area contributed by atoms with Gasteiger partial charge < -0.3 is 4.98 Å². The molecule has 0 fully saturated rings. The molecule has 1 aromatic heterocycles. The molecule has 0 saturated carbocycles. The van der Waals surface area contributed by atoms with Crippen LogP contribution in [0.3, 0.4) is 0 Å². The molecule has 0 atom stereocenters. The Hall–Kier alpha value is -0.290. The van der Waals surface area contributed by atoms with E-state index in [0.29, 0.717) is 10.9 Å². The lowest BCUT2D eigenvalue weighted by Gasteiger charge is -2.08. The van der Waals surface area contributed by atoms with E-state index in [1.165, 1.54) is 18.3 Å². The second kappa shape index (κ2) is 4.43. The maximum absolute atomic E-state index is 13.3. The van der Waals surface area contributed by atoms with Crippen LogP contribution in [0.15, 0.2) is 22.8 Å². The summed E-state index contributed by atoms with van der Waals surface area (Å²) in [6.07, 6.45) is 1.39. The lowest BCUT2D eigenvalue weighted by Crippen LogP contribution is -2.18. The van der Waals surface area contributed by atoms with Crippen LogP contribution in [-0.2, 0) is 0 Å². The molecule has 1 N–H and O–H groups in total. The SMILES string of the molecule is O=C(c1c[nH]c2cc(F)c(Br)cc12)C(Cl)(Cl)Cl. The zero-order chi connectivity index (χ0) is 12.8. The number of hydrogen-bond donors (Lipinski definition) is 1. The standard InChI is InChI=1S/C10H4BrCl3FNO/c11-6-1-4-5(9(17)10(12,13)14)3-16-8(4)2-7(6)15/h1-3,16H. The Bertz CT molecular complexity index is 605. The number of hydrogen-bond acceptors (Lipinski definition) is 1. The van der Waals surface area contributed by atoms with Crippen molar-refractivity contribution in [1.29, 1.82) is 0 Å². The molecule has 1 heterocycles. The van der Waals surface area contributed by atoms with Gasteiger partial charge in [-0.3, -0.25) is 4.79 Å². The average molecular weight is 359 g/mol. The lowest BCUT2D eigenvalue weighted by atomic mass is 10.1. The Balaban J connectivity index is 2.65. The predicted molar refractivity (Wildman–Crippen MR) is 70.6 cm³/mol. The van der Waals surface area contributed by atoms with Gasteiger partial charge in [-0.15, -0.1) is 0 Å². The van der Waals surface area contributed by atoms with Gasteiger partial charge in [0, 0.05) is 22.7 Å². The van der Waals surface area contributed by atoms with Gasteiger partial charge in [-0.1, -0.05) is 34.8 Å². The van der Waals surface area contributed by atoms with Crippen LogP contribution in [0.25, 0.3) is 10.9 Å². The second-order valence-electron chi connectivity index (χ2n) is 3.34. The summed E-state index contributed by atoms with van der Waals surface area (Å²) in [5.41, 5.74) is 0.670. The molecule has 0 aliphatic heterocycles. The zero-order valence-electron chi connectivity index (χ0n) is 8.03. The molecule has 0 spiro atoms. The number of ketones is 1. The van der Waals surface area contributed by atoms with Gasteiger partial charge in [0.05, 0.1) is 4.47 Å².